The molecule has 3 rings (SSSR count). The van der Waals surface area contributed by atoms with E-state index in [1.54, 1.807) is 0 Å². The van der Waals surface area contributed by atoms with Crippen LogP contribution in [0.5, 0.6) is 5.75 Å². The summed E-state index contributed by atoms with van der Waals surface area (Å²) in [6.45, 7) is 5.05. The van der Waals surface area contributed by atoms with Gasteiger partial charge in [0.15, 0.2) is 0 Å². The molecular formula is C17H25ClN2O. The quantitative estimate of drug-likeness (QED) is 0.835. The summed E-state index contributed by atoms with van der Waals surface area (Å²) in [5, 5.41) is 4.23. The summed E-state index contributed by atoms with van der Waals surface area (Å²) >= 11 is 6.32. The van der Waals surface area contributed by atoms with Crippen molar-refractivity contribution in [3.8, 4) is 5.75 Å². The van der Waals surface area contributed by atoms with Gasteiger partial charge in [-0.2, -0.15) is 0 Å². The largest absolute Gasteiger partial charge is 0.491 e. The number of nitrogens with zero attached hydrogens (tertiary/aromatic N) is 1. The van der Waals surface area contributed by atoms with Crippen LogP contribution in [-0.2, 0) is 6.54 Å². The number of rotatable bonds is 7. The molecule has 4 heteroatoms. The normalized spacial score (nSPS) is 19.7. The number of likely N-dealkylation sites (tertiary alicyclic amines) is 1. The van der Waals surface area contributed by atoms with Gasteiger partial charge in [-0.15, -0.1) is 0 Å². The molecule has 1 saturated carbocycles. The zero-order chi connectivity index (χ0) is 14.5. The van der Waals surface area contributed by atoms with Crippen LogP contribution in [0.2, 0.25) is 5.02 Å². The maximum absolute atomic E-state index is 6.32. The van der Waals surface area contributed by atoms with Gasteiger partial charge in [-0.1, -0.05) is 24.1 Å². The monoisotopic (exact) mass is 308 g/mol. The van der Waals surface area contributed by atoms with E-state index in [0.29, 0.717) is 0 Å². The van der Waals surface area contributed by atoms with Crippen molar-refractivity contribution >= 4 is 11.6 Å². The molecule has 1 heterocycles. The maximum Gasteiger partial charge on any atom is 0.137 e. The van der Waals surface area contributed by atoms with Crippen LogP contribution < -0.4 is 10.1 Å². The number of ether oxygens (including phenoxy) is 1. The smallest absolute Gasteiger partial charge is 0.137 e. The second-order valence-electron chi connectivity index (χ2n) is 6.17. The van der Waals surface area contributed by atoms with E-state index in [4.69, 9.17) is 16.3 Å². The first kappa shape index (κ1) is 15.1. The minimum absolute atomic E-state index is 0.722. The third-order valence-corrected chi connectivity index (χ3v) is 4.58. The molecule has 1 aromatic rings. The summed E-state index contributed by atoms with van der Waals surface area (Å²) in [5.41, 5.74) is 1.23. The topological polar surface area (TPSA) is 24.5 Å². The lowest BCUT2D eigenvalue weighted by Gasteiger charge is -2.26. The van der Waals surface area contributed by atoms with Crippen molar-refractivity contribution in [3.63, 3.8) is 0 Å². The average molecular weight is 309 g/mol. The molecule has 0 aromatic heterocycles. The minimum atomic E-state index is 0.722. The van der Waals surface area contributed by atoms with Gasteiger partial charge < -0.3 is 10.1 Å². The van der Waals surface area contributed by atoms with Crippen molar-refractivity contribution in [2.75, 3.05) is 26.2 Å². The molecule has 1 aliphatic carbocycles. The van der Waals surface area contributed by atoms with E-state index >= 15 is 0 Å². The third kappa shape index (κ3) is 4.87. The van der Waals surface area contributed by atoms with E-state index in [0.717, 1.165) is 36.5 Å². The number of hydrogen-bond donors (Lipinski definition) is 1. The summed E-state index contributed by atoms with van der Waals surface area (Å²) in [4.78, 5) is 2.48. The van der Waals surface area contributed by atoms with Gasteiger partial charge in [0, 0.05) is 19.1 Å². The highest BCUT2D eigenvalue weighted by molar-refractivity contribution is 6.32. The summed E-state index contributed by atoms with van der Waals surface area (Å²) in [6.07, 6.45) is 6.64. The molecule has 1 aromatic carbocycles. The number of nitrogens with one attached hydrogen (secondary N) is 1. The van der Waals surface area contributed by atoms with Gasteiger partial charge in [0.25, 0.3) is 0 Å². The highest BCUT2D eigenvalue weighted by atomic mass is 35.5. The molecule has 0 atom stereocenters. The Kier molecular flexibility index (Phi) is 5.39. The highest BCUT2D eigenvalue weighted by Gasteiger charge is 2.20. The van der Waals surface area contributed by atoms with Crippen LogP contribution in [0.25, 0.3) is 0 Å². The Morgan fingerprint density at radius 1 is 1.19 bits per heavy atom. The van der Waals surface area contributed by atoms with Crippen molar-refractivity contribution in [2.45, 2.75) is 44.7 Å². The van der Waals surface area contributed by atoms with E-state index in [1.165, 1.54) is 50.8 Å². The fraction of sp³-hybridized carbons (Fsp3) is 0.647. The second kappa shape index (κ2) is 7.48. The Bertz CT molecular complexity index is 456. The van der Waals surface area contributed by atoms with Crippen LogP contribution in [0.3, 0.4) is 0 Å². The van der Waals surface area contributed by atoms with Gasteiger partial charge >= 0.3 is 0 Å². The summed E-state index contributed by atoms with van der Waals surface area (Å²) in [7, 11) is 0. The molecule has 2 aliphatic rings. The van der Waals surface area contributed by atoms with Gasteiger partial charge in [-0.05, 0) is 56.5 Å². The third-order valence-electron chi connectivity index (χ3n) is 4.28. The Morgan fingerprint density at radius 2 is 2.00 bits per heavy atom. The van der Waals surface area contributed by atoms with Gasteiger partial charge in [0.05, 0.1) is 5.02 Å². The van der Waals surface area contributed by atoms with Crippen LogP contribution in [0.4, 0.5) is 0 Å². The molecule has 116 valence electrons. The number of benzene rings is 1. The van der Waals surface area contributed by atoms with Crippen molar-refractivity contribution in [1.82, 2.24) is 10.2 Å². The molecule has 0 spiro atoms. The minimum Gasteiger partial charge on any atom is -0.491 e. The van der Waals surface area contributed by atoms with E-state index in [-0.39, 0.29) is 0 Å². The Hall–Kier alpha value is -0.770. The molecule has 0 unspecified atom stereocenters. The van der Waals surface area contributed by atoms with Gasteiger partial charge in [0.1, 0.15) is 12.4 Å². The van der Waals surface area contributed by atoms with Gasteiger partial charge in [0.2, 0.25) is 0 Å². The highest BCUT2D eigenvalue weighted by Crippen LogP contribution is 2.26. The van der Waals surface area contributed by atoms with Crippen LogP contribution in [-0.4, -0.2) is 37.2 Å². The lowest BCUT2D eigenvalue weighted by atomic mass is 10.1. The Morgan fingerprint density at radius 3 is 2.71 bits per heavy atom. The van der Waals surface area contributed by atoms with Crippen LogP contribution in [0.1, 0.15) is 37.7 Å². The van der Waals surface area contributed by atoms with Gasteiger partial charge in [-0.25, -0.2) is 0 Å². The van der Waals surface area contributed by atoms with Crippen molar-refractivity contribution < 1.29 is 4.74 Å². The molecular weight excluding hydrogens is 284 g/mol. The first-order valence-corrected chi connectivity index (χ1v) is 8.56. The van der Waals surface area contributed by atoms with Crippen LogP contribution >= 0.6 is 11.6 Å². The van der Waals surface area contributed by atoms with E-state index in [1.807, 2.05) is 12.1 Å². The Labute approximate surface area is 132 Å². The van der Waals surface area contributed by atoms with Crippen molar-refractivity contribution in [2.24, 2.45) is 0 Å². The lowest BCUT2D eigenvalue weighted by Crippen LogP contribution is -2.33. The number of piperidine rings is 1. The van der Waals surface area contributed by atoms with Crippen LogP contribution in [0, 0.1) is 0 Å². The molecule has 3 nitrogen and oxygen atoms in total. The Balaban J connectivity index is 1.43. The van der Waals surface area contributed by atoms with Crippen molar-refractivity contribution in [1.29, 1.82) is 0 Å². The first-order valence-electron chi connectivity index (χ1n) is 8.18. The summed E-state index contributed by atoms with van der Waals surface area (Å²) < 4.78 is 5.84. The molecule has 0 amide bonds. The zero-order valence-electron chi connectivity index (χ0n) is 12.6. The molecule has 0 radical (unpaired) electrons. The van der Waals surface area contributed by atoms with E-state index in [9.17, 15) is 0 Å². The second-order valence-corrected chi connectivity index (χ2v) is 6.58. The average Bonchev–Trinajstić information content (AvgIpc) is 3.32. The molecule has 1 aliphatic heterocycles. The molecule has 1 saturated heterocycles. The van der Waals surface area contributed by atoms with Crippen molar-refractivity contribution in [3.05, 3.63) is 28.8 Å². The SMILES string of the molecule is Clc1cc(CNC2CC2)ccc1OCCN1CCCCC1. The maximum atomic E-state index is 6.32. The fourth-order valence-electron chi connectivity index (χ4n) is 2.79. The van der Waals surface area contributed by atoms with E-state index < -0.39 is 0 Å². The molecule has 2 fully saturated rings. The number of halogens is 1. The first-order chi connectivity index (χ1) is 10.3. The molecule has 21 heavy (non-hydrogen) atoms. The van der Waals surface area contributed by atoms with E-state index in [2.05, 4.69) is 16.3 Å². The number of hydrogen-bond acceptors (Lipinski definition) is 3. The fourth-order valence-corrected chi connectivity index (χ4v) is 3.05. The predicted octanol–water partition coefficient (Wildman–Crippen LogP) is 3.46. The lowest BCUT2D eigenvalue weighted by molar-refractivity contribution is 0.183. The van der Waals surface area contributed by atoms with Gasteiger partial charge in [-0.3, -0.25) is 4.90 Å². The molecule has 1 N–H and O–H groups in total. The molecule has 0 bridgehead atoms. The predicted molar refractivity (Wildman–Crippen MR) is 87.1 cm³/mol. The zero-order valence-corrected chi connectivity index (χ0v) is 13.4. The standard InChI is InChI=1S/C17H25ClN2O/c18-16-12-14(13-19-15-5-6-15)4-7-17(16)21-11-10-20-8-2-1-3-9-20/h4,7,12,15,19H,1-3,5-6,8-11,13H2. The summed E-state index contributed by atoms with van der Waals surface area (Å²) in [5.74, 6) is 0.809. The summed E-state index contributed by atoms with van der Waals surface area (Å²) in [6, 6.07) is 6.86. The van der Waals surface area contributed by atoms with Crippen LogP contribution in [0.15, 0.2) is 18.2 Å².